The zero-order valence-electron chi connectivity index (χ0n) is 18.4. The van der Waals surface area contributed by atoms with Crippen molar-refractivity contribution in [3.8, 4) is 0 Å². The number of anilines is 1. The molecule has 2 atom stereocenters. The summed E-state index contributed by atoms with van der Waals surface area (Å²) in [6.07, 6.45) is 9.86. The van der Waals surface area contributed by atoms with Crippen LogP contribution in [0.25, 0.3) is 11.6 Å². The van der Waals surface area contributed by atoms with Crippen molar-refractivity contribution in [1.82, 2.24) is 9.88 Å². The fraction of sp³-hybridized carbons (Fsp3) is 0.222. The lowest BCUT2D eigenvalue weighted by molar-refractivity contribution is -0.125. The summed E-state index contributed by atoms with van der Waals surface area (Å²) in [4.78, 5) is 31.2. The third kappa shape index (κ3) is 4.51. The highest BCUT2D eigenvalue weighted by atomic mass is 16.3. The van der Waals surface area contributed by atoms with E-state index in [-0.39, 0.29) is 11.8 Å². The SMILES string of the molecule is Cc1occc1C(=O)Nc1ccc(C=CC(=O)N2CC3C=C(c4ccccc4)CC3C2)cn1. The summed E-state index contributed by atoms with van der Waals surface area (Å²) in [7, 11) is 0. The number of amides is 2. The van der Waals surface area contributed by atoms with Crippen LogP contribution in [0, 0.1) is 18.8 Å². The lowest BCUT2D eigenvalue weighted by Gasteiger charge is -2.15. The number of furan rings is 1. The van der Waals surface area contributed by atoms with Crippen LogP contribution in [0.4, 0.5) is 5.82 Å². The number of likely N-dealkylation sites (tertiary alicyclic amines) is 1. The van der Waals surface area contributed by atoms with E-state index in [1.165, 1.54) is 17.4 Å². The minimum absolute atomic E-state index is 0.0203. The molecule has 33 heavy (non-hydrogen) atoms. The average Bonchev–Trinajstić information content (AvgIpc) is 3.54. The largest absolute Gasteiger partial charge is 0.469 e. The van der Waals surface area contributed by atoms with Gasteiger partial charge in [0.2, 0.25) is 5.91 Å². The van der Waals surface area contributed by atoms with E-state index in [1.807, 2.05) is 17.0 Å². The molecular weight excluding hydrogens is 414 g/mol. The molecule has 1 fully saturated rings. The fourth-order valence-electron chi connectivity index (χ4n) is 4.61. The van der Waals surface area contributed by atoms with Gasteiger partial charge in [-0.2, -0.15) is 0 Å². The first-order chi connectivity index (χ1) is 16.1. The van der Waals surface area contributed by atoms with Crippen molar-refractivity contribution >= 4 is 29.3 Å². The van der Waals surface area contributed by atoms with E-state index >= 15 is 0 Å². The molecule has 2 aromatic heterocycles. The molecule has 2 amide bonds. The van der Waals surface area contributed by atoms with E-state index in [0.29, 0.717) is 29.0 Å². The molecule has 1 saturated heterocycles. The quantitative estimate of drug-likeness (QED) is 0.579. The zero-order chi connectivity index (χ0) is 22.8. The van der Waals surface area contributed by atoms with Crippen LogP contribution < -0.4 is 5.32 Å². The number of hydrogen-bond donors (Lipinski definition) is 1. The average molecular weight is 440 g/mol. The minimum atomic E-state index is -0.267. The number of hydrogen-bond acceptors (Lipinski definition) is 4. The van der Waals surface area contributed by atoms with Gasteiger partial charge in [-0.25, -0.2) is 4.98 Å². The zero-order valence-corrected chi connectivity index (χ0v) is 18.4. The number of aryl methyl sites for hydroxylation is 1. The Hall–Kier alpha value is -3.93. The van der Waals surface area contributed by atoms with Crippen LogP contribution in [0.15, 0.2) is 77.6 Å². The molecule has 0 saturated carbocycles. The highest BCUT2D eigenvalue weighted by Crippen LogP contribution is 2.40. The first-order valence-corrected chi connectivity index (χ1v) is 11.1. The summed E-state index contributed by atoms with van der Waals surface area (Å²) >= 11 is 0. The standard InChI is InChI=1S/C27H25N3O3/c1-18-24(11-12-33-18)27(32)29-25-9-7-19(15-28-25)8-10-26(31)30-16-22-13-21(14-23(22)17-30)20-5-3-2-4-6-20/h2-13,15,22-23H,14,16-17H2,1H3,(H,28,29,32). The van der Waals surface area contributed by atoms with Crippen molar-refractivity contribution in [2.24, 2.45) is 11.8 Å². The lowest BCUT2D eigenvalue weighted by atomic mass is 9.98. The van der Waals surface area contributed by atoms with Crippen LogP contribution in [-0.4, -0.2) is 34.8 Å². The van der Waals surface area contributed by atoms with Crippen molar-refractivity contribution in [3.05, 3.63) is 95.6 Å². The summed E-state index contributed by atoms with van der Waals surface area (Å²) in [5.41, 5.74) is 3.96. The topological polar surface area (TPSA) is 75.4 Å². The van der Waals surface area contributed by atoms with E-state index in [0.717, 1.165) is 25.1 Å². The monoisotopic (exact) mass is 439 g/mol. The molecule has 0 spiro atoms. The van der Waals surface area contributed by atoms with E-state index in [9.17, 15) is 9.59 Å². The fourth-order valence-corrected chi connectivity index (χ4v) is 4.61. The summed E-state index contributed by atoms with van der Waals surface area (Å²) < 4.78 is 5.16. The Morgan fingerprint density at radius 2 is 1.97 bits per heavy atom. The molecule has 5 rings (SSSR count). The number of carbonyl (C=O) groups is 2. The van der Waals surface area contributed by atoms with Gasteiger partial charge in [0.25, 0.3) is 5.91 Å². The summed E-state index contributed by atoms with van der Waals surface area (Å²) in [5, 5.41) is 2.75. The van der Waals surface area contributed by atoms with Crippen LogP contribution in [-0.2, 0) is 4.79 Å². The number of allylic oxidation sites excluding steroid dienone is 1. The van der Waals surface area contributed by atoms with Crippen LogP contribution in [0.5, 0.6) is 0 Å². The normalized spacial score (nSPS) is 19.5. The molecule has 1 aromatic carbocycles. The maximum atomic E-state index is 12.7. The third-order valence-corrected chi connectivity index (χ3v) is 6.39. The summed E-state index contributed by atoms with van der Waals surface area (Å²) in [6.45, 7) is 3.29. The third-order valence-electron chi connectivity index (χ3n) is 6.39. The maximum Gasteiger partial charge on any atom is 0.260 e. The van der Waals surface area contributed by atoms with Crippen molar-refractivity contribution in [1.29, 1.82) is 0 Å². The molecule has 0 radical (unpaired) electrons. The van der Waals surface area contributed by atoms with Gasteiger partial charge in [0, 0.05) is 25.4 Å². The molecule has 6 heteroatoms. The van der Waals surface area contributed by atoms with Crippen molar-refractivity contribution in [2.75, 3.05) is 18.4 Å². The van der Waals surface area contributed by atoms with E-state index in [4.69, 9.17) is 4.42 Å². The molecule has 2 aliphatic rings. The number of rotatable bonds is 5. The van der Waals surface area contributed by atoms with E-state index in [2.05, 4.69) is 40.6 Å². The van der Waals surface area contributed by atoms with Gasteiger partial charge in [-0.15, -0.1) is 0 Å². The van der Waals surface area contributed by atoms with Gasteiger partial charge in [-0.05, 0) is 66.2 Å². The second kappa shape index (κ2) is 8.90. The summed E-state index contributed by atoms with van der Waals surface area (Å²) in [6, 6.07) is 15.6. The van der Waals surface area contributed by atoms with Gasteiger partial charge in [0.1, 0.15) is 11.6 Å². The highest BCUT2D eigenvalue weighted by molar-refractivity contribution is 6.04. The number of nitrogens with one attached hydrogen (secondary N) is 1. The molecular formula is C27H25N3O3. The van der Waals surface area contributed by atoms with Gasteiger partial charge in [-0.3, -0.25) is 9.59 Å². The Balaban J connectivity index is 1.16. The highest BCUT2D eigenvalue weighted by Gasteiger charge is 2.37. The molecule has 166 valence electrons. The maximum absolute atomic E-state index is 12.7. The van der Waals surface area contributed by atoms with Gasteiger partial charge in [0.05, 0.1) is 11.8 Å². The molecule has 1 aliphatic carbocycles. The number of pyridine rings is 1. The smallest absolute Gasteiger partial charge is 0.260 e. The van der Waals surface area contributed by atoms with E-state index < -0.39 is 0 Å². The van der Waals surface area contributed by atoms with Crippen LogP contribution in [0.1, 0.15) is 33.7 Å². The Labute approximate surface area is 192 Å². The van der Waals surface area contributed by atoms with E-state index in [1.54, 1.807) is 37.4 Å². The number of carbonyl (C=O) groups excluding carboxylic acids is 2. The van der Waals surface area contributed by atoms with Gasteiger partial charge < -0.3 is 14.6 Å². The Bertz CT molecular complexity index is 1230. The lowest BCUT2D eigenvalue weighted by Crippen LogP contribution is -2.27. The molecule has 1 aliphatic heterocycles. The number of nitrogens with zero attached hydrogens (tertiary/aromatic N) is 2. The second-order valence-electron chi connectivity index (χ2n) is 8.58. The summed E-state index contributed by atoms with van der Waals surface area (Å²) in [5.74, 6) is 1.69. The first kappa shape index (κ1) is 20.9. The molecule has 1 N–H and O–H groups in total. The van der Waals surface area contributed by atoms with Crippen molar-refractivity contribution in [2.45, 2.75) is 13.3 Å². The number of fused-ring (bicyclic) bond motifs is 1. The van der Waals surface area contributed by atoms with Gasteiger partial charge >= 0.3 is 0 Å². The Kier molecular flexibility index (Phi) is 5.65. The predicted octanol–water partition coefficient (Wildman–Crippen LogP) is 4.81. The van der Waals surface area contributed by atoms with Crippen molar-refractivity contribution in [3.63, 3.8) is 0 Å². The Morgan fingerprint density at radius 3 is 2.67 bits per heavy atom. The van der Waals surface area contributed by atoms with Crippen LogP contribution >= 0.6 is 0 Å². The molecule has 3 aromatic rings. The Morgan fingerprint density at radius 1 is 1.12 bits per heavy atom. The molecule has 2 unspecified atom stereocenters. The van der Waals surface area contributed by atoms with Crippen LogP contribution in [0.2, 0.25) is 0 Å². The van der Waals surface area contributed by atoms with Gasteiger partial charge in [-0.1, -0.05) is 36.4 Å². The first-order valence-electron chi connectivity index (χ1n) is 11.1. The molecule has 0 bridgehead atoms. The molecule has 6 nitrogen and oxygen atoms in total. The minimum Gasteiger partial charge on any atom is -0.469 e. The second-order valence-corrected chi connectivity index (χ2v) is 8.58. The van der Waals surface area contributed by atoms with Crippen molar-refractivity contribution < 1.29 is 14.0 Å². The van der Waals surface area contributed by atoms with Gasteiger partial charge in [0.15, 0.2) is 0 Å². The molecule has 3 heterocycles. The number of benzene rings is 1. The predicted molar refractivity (Wildman–Crippen MR) is 127 cm³/mol. The van der Waals surface area contributed by atoms with Crippen LogP contribution in [0.3, 0.4) is 0 Å². The number of aromatic nitrogens is 1.